The minimum absolute atomic E-state index is 0.0644. The fourth-order valence-corrected chi connectivity index (χ4v) is 2.37. The number of nitrogens with one attached hydrogen (secondary N) is 1. The third-order valence-electron chi connectivity index (χ3n) is 3.62. The number of hydrogen-bond donors (Lipinski definition) is 1. The molecule has 0 unspecified atom stereocenters. The number of carbonyl (C=O) groups excluding carboxylic acids is 1. The zero-order chi connectivity index (χ0) is 16.0. The first kappa shape index (κ1) is 17.5. The molecule has 1 aromatic rings. The molecule has 21 heavy (non-hydrogen) atoms. The molecule has 0 aliphatic rings. The van der Waals surface area contributed by atoms with Crippen molar-refractivity contribution in [2.45, 2.75) is 46.3 Å². The molecule has 0 atom stereocenters. The maximum absolute atomic E-state index is 12.1. The van der Waals surface area contributed by atoms with Gasteiger partial charge in [0.25, 0.3) is 0 Å². The third kappa shape index (κ3) is 5.38. The number of imidazole rings is 1. The molecule has 0 saturated heterocycles. The van der Waals surface area contributed by atoms with Gasteiger partial charge in [0.15, 0.2) is 0 Å². The van der Waals surface area contributed by atoms with E-state index >= 15 is 0 Å². The van der Waals surface area contributed by atoms with E-state index < -0.39 is 0 Å². The van der Waals surface area contributed by atoms with Gasteiger partial charge in [0, 0.05) is 51.7 Å². The fraction of sp³-hybridized carbons (Fsp3) is 0.733. The van der Waals surface area contributed by atoms with Gasteiger partial charge in [0.05, 0.1) is 6.54 Å². The van der Waals surface area contributed by atoms with Gasteiger partial charge in [-0.15, -0.1) is 0 Å². The normalized spacial score (nSPS) is 11.5. The van der Waals surface area contributed by atoms with Crippen molar-refractivity contribution >= 4 is 6.03 Å². The lowest BCUT2D eigenvalue weighted by Gasteiger charge is -2.30. The van der Waals surface area contributed by atoms with Crippen molar-refractivity contribution in [2.24, 2.45) is 7.05 Å². The van der Waals surface area contributed by atoms with Gasteiger partial charge in [-0.3, -0.25) is 4.90 Å². The quantitative estimate of drug-likeness (QED) is 0.832. The standard InChI is InChI=1S/C15H29N5O/c1-12(2)20(13(3)4)10-8-17-15(21)19(6)11-14-16-7-9-18(14)5/h7,9,12-13H,8,10-11H2,1-6H3,(H,17,21). The van der Waals surface area contributed by atoms with E-state index in [4.69, 9.17) is 0 Å². The predicted octanol–water partition coefficient (Wildman–Crippen LogP) is 1.68. The number of aromatic nitrogens is 2. The molecule has 0 spiro atoms. The van der Waals surface area contributed by atoms with Crippen LogP contribution in [0.3, 0.4) is 0 Å². The Labute approximate surface area is 128 Å². The summed E-state index contributed by atoms with van der Waals surface area (Å²) < 4.78 is 1.92. The van der Waals surface area contributed by atoms with Gasteiger partial charge >= 0.3 is 6.03 Å². The summed E-state index contributed by atoms with van der Waals surface area (Å²) in [6.07, 6.45) is 3.62. The maximum atomic E-state index is 12.1. The maximum Gasteiger partial charge on any atom is 0.317 e. The molecule has 0 aliphatic carbocycles. The van der Waals surface area contributed by atoms with E-state index in [2.05, 4.69) is 42.9 Å². The molecule has 0 bridgehead atoms. The van der Waals surface area contributed by atoms with Crippen molar-refractivity contribution < 1.29 is 4.79 Å². The highest BCUT2D eigenvalue weighted by Crippen LogP contribution is 2.03. The zero-order valence-corrected chi connectivity index (χ0v) is 14.1. The van der Waals surface area contributed by atoms with Gasteiger partial charge in [0.1, 0.15) is 5.82 Å². The number of aryl methyl sites for hydroxylation is 1. The smallest absolute Gasteiger partial charge is 0.317 e. The number of nitrogens with zero attached hydrogens (tertiary/aromatic N) is 4. The molecule has 0 aromatic carbocycles. The SMILES string of the molecule is CC(C)N(CCNC(=O)N(C)Cc1nccn1C)C(C)C. The monoisotopic (exact) mass is 295 g/mol. The van der Waals surface area contributed by atoms with Crippen molar-refractivity contribution in [3.63, 3.8) is 0 Å². The van der Waals surface area contributed by atoms with Crippen molar-refractivity contribution in [1.29, 1.82) is 0 Å². The summed E-state index contributed by atoms with van der Waals surface area (Å²) in [5, 5.41) is 2.96. The minimum atomic E-state index is -0.0644. The third-order valence-corrected chi connectivity index (χ3v) is 3.62. The summed E-state index contributed by atoms with van der Waals surface area (Å²) >= 11 is 0. The number of amides is 2. The molecule has 1 rings (SSSR count). The summed E-state index contributed by atoms with van der Waals surface area (Å²) in [5.41, 5.74) is 0. The molecule has 0 saturated carbocycles. The Morgan fingerprint density at radius 1 is 1.33 bits per heavy atom. The van der Waals surface area contributed by atoms with Crippen molar-refractivity contribution in [3.05, 3.63) is 18.2 Å². The Balaban J connectivity index is 2.38. The van der Waals surface area contributed by atoms with Crippen LogP contribution in [0.25, 0.3) is 0 Å². The first-order chi connectivity index (χ1) is 9.82. The van der Waals surface area contributed by atoms with E-state index in [9.17, 15) is 4.79 Å². The predicted molar refractivity (Wildman–Crippen MR) is 85.1 cm³/mol. The van der Waals surface area contributed by atoms with Crippen LogP contribution in [-0.4, -0.2) is 57.6 Å². The van der Waals surface area contributed by atoms with Gasteiger partial charge < -0.3 is 14.8 Å². The van der Waals surface area contributed by atoms with Crippen LogP contribution >= 0.6 is 0 Å². The van der Waals surface area contributed by atoms with E-state index in [1.54, 1.807) is 18.1 Å². The van der Waals surface area contributed by atoms with Gasteiger partial charge in [-0.05, 0) is 27.7 Å². The summed E-state index contributed by atoms with van der Waals surface area (Å²) in [5.74, 6) is 0.874. The molecular formula is C15H29N5O. The molecule has 0 radical (unpaired) electrons. The first-order valence-electron chi connectivity index (χ1n) is 7.53. The molecule has 0 aliphatic heterocycles. The van der Waals surface area contributed by atoms with Crippen LogP contribution in [0.5, 0.6) is 0 Å². The molecule has 120 valence electrons. The highest BCUT2D eigenvalue weighted by Gasteiger charge is 2.15. The second kappa shape index (κ2) is 8.02. The van der Waals surface area contributed by atoms with Crippen LogP contribution in [0, 0.1) is 0 Å². The lowest BCUT2D eigenvalue weighted by atomic mass is 10.2. The average Bonchev–Trinajstić information content (AvgIpc) is 2.79. The fourth-order valence-electron chi connectivity index (χ4n) is 2.37. The topological polar surface area (TPSA) is 53.4 Å². The Morgan fingerprint density at radius 2 is 1.95 bits per heavy atom. The van der Waals surface area contributed by atoms with E-state index in [0.29, 0.717) is 25.2 Å². The van der Waals surface area contributed by atoms with E-state index in [1.807, 2.05) is 17.8 Å². The summed E-state index contributed by atoms with van der Waals surface area (Å²) in [7, 11) is 3.71. The van der Waals surface area contributed by atoms with Crippen LogP contribution in [0.4, 0.5) is 4.79 Å². The molecule has 2 amide bonds. The molecule has 1 aromatic heterocycles. The number of urea groups is 1. The van der Waals surface area contributed by atoms with Crippen molar-refractivity contribution in [2.75, 3.05) is 20.1 Å². The summed E-state index contributed by atoms with van der Waals surface area (Å²) in [4.78, 5) is 20.3. The largest absolute Gasteiger partial charge is 0.337 e. The second-order valence-corrected chi connectivity index (χ2v) is 5.97. The van der Waals surface area contributed by atoms with Gasteiger partial charge in [-0.1, -0.05) is 0 Å². The van der Waals surface area contributed by atoms with Crippen LogP contribution in [-0.2, 0) is 13.6 Å². The lowest BCUT2D eigenvalue weighted by Crippen LogP contribution is -2.45. The van der Waals surface area contributed by atoms with Gasteiger partial charge in [-0.25, -0.2) is 9.78 Å². The van der Waals surface area contributed by atoms with E-state index in [1.165, 1.54) is 0 Å². The Kier molecular flexibility index (Phi) is 6.68. The highest BCUT2D eigenvalue weighted by atomic mass is 16.2. The number of hydrogen-bond acceptors (Lipinski definition) is 3. The molecule has 1 N–H and O–H groups in total. The Hall–Kier alpha value is -1.56. The van der Waals surface area contributed by atoms with Crippen LogP contribution < -0.4 is 5.32 Å². The zero-order valence-electron chi connectivity index (χ0n) is 14.1. The lowest BCUT2D eigenvalue weighted by molar-refractivity contribution is 0.170. The van der Waals surface area contributed by atoms with Crippen molar-refractivity contribution in [3.8, 4) is 0 Å². The van der Waals surface area contributed by atoms with Crippen LogP contribution in [0.1, 0.15) is 33.5 Å². The van der Waals surface area contributed by atoms with Crippen LogP contribution in [0.2, 0.25) is 0 Å². The minimum Gasteiger partial charge on any atom is -0.337 e. The molecule has 6 nitrogen and oxygen atoms in total. The molecular weight excluding hydrogens is 266 g/mol. The van der Waals surface area contributed by atoms with Gasteiger partial charge in [0.2, 0.25) is 0 Å². The highest BCUT2D eigenvalue weighted by molar-refractivity contribution is 5.73. The average molecular weight is 295 g/mol. The number of rotatable bonds is 7. The van der Waals surface area contributed by atoms with Crippen LogP contribution in [0.15, 0.2) is 12.4 Å². The second-order valence-electron chi connectivity index (χ2n) is 5.97. The van der Waals surface area contributed by atoms with E-state index in [0.717, 1.165) is 12.4 Å². The Bertz CT molecular complexity index is 433. The molecule has 6 heteroatoms. The molecule has 0 fully saturated rings. The molecule has 1 heterocycles. The van der Waals surface area contributed by atoms with Gasteiger partial charge in [-0.2, -0.15) is 0 Å². The summed E-state index contributed by atoms with van der Waals surface area (Å²) in [6.45, 7) is 10.7. The van der Waals surface area contributed by atoms with Crippen molar-refractivity contribution in [1.82, 2.24) is 24.7 Å². The summed E-state index contributed by atoms with van der Waals surface area (Å²) in [6, 6.07) is 0.893. The van der Waals surface area contributed by atoms with E-state index in [-0.39, 0.29) is 6.03 Å². The first-order valence-corrected chi connectivity index (χ1v) is 7.53. The Morgan fingerprint density at radius 3 is 2.43 bits per heavy atom. The number of carbonyl (C=O) groups is 1.